The summed E-state index contributed by atoms with van der Waals surface area (Å²) in [7, 11) is 3.65. The summed E-state index contributed by atoms with van der Waals surface area (Å²) in [5.74, 6) is 2.33. The van der Waals surface area contributed by atoms with E-state index in [1.807, 2.05) is 41.8 Å². The zero-order valence-electron chi connectivity index (χ0n) is 33.5. The van der Waals surface area contributed by atoms with Crippen LogP contribution in [0.3, 0.4) is 0 Å². The summed E-state index contributed by atoms with van der Waals surface area (Å²) in [6.07, 6.45) is 17.0. The Balaban J connectivity index is 0.000000317. The molecule has 0 saturated carbocycles. The predicted molar refractivity (Wildman–Crippen MR) is 213 cm³/mol. The van der Waals surface area contributed by atoms with Crippen molar-refractivity contribution in [2.24, 2.45) is 9.98 Å². The standard InChI is InChI=1S/C15H22.C14H20.2C5H10N2.2C2H6/c1-10-11(2)13(4)15-9-7-5-6-8-14(15)12(10)3;1-9-10(2)12(4)14-8-6-5-7-13(14)11(9)3;2*1-6-5-3-2-4-7-5;2*1-2/h5-9H2,1-4H3;5-8H2,1-4H3;2*2-4H2,1H3,(H,6,7);2*1-2H3. The van der Waals surface area contributed by atoms with E-state index in [-0.39, 0.29) is 0 Å². The maximum absolute atomic E-state index is 3.99. The number of hydrogen-bond acceptors (Lipinski definition) is 2. The number of nitrogens with zero attached hydrogens (tertiary/aromatic N) is 2. The van der Waals surface area contributed by atoms with Crippen molar-refractivity contribution in [3.8, 4) is 0 Å². The van der Waals surface area contributed by atoms with E-state index in [0.717, 1.165) is 25.9 Å². The van der Waals surface area contributed by atoms with Crippen LogP contribution in [-0.2, 0) is 25.7 Å². The topological polar surface area (TPSA) is 48.8 Å². The van der Waals surface area contributed by atoms with Gasteiger partial charge in [-0.1, -0.05) is 34.1 Å². The van der Waals surface area contributed by atoms with Crippen molar-refractivity contribution in [1.29, 1.82) is 0 Å². The van der Waals surface area contributed by atoms with Crippen molar-refractivity contribution >= 4 is 11.7 Å². The third kappa shape index (κ3) is 12.1. The van der Waals surface area contributed by atoms with E-state index in [1.54, 1.807) is 44.5 Å². The Morgan fingerprint density at radius 3 is 0.787 bits per heavy atom. The summed E-state index contributed by atoms with van der Waals surface area (Å²) in [5, 5.41) is 6.31. The molecule has 0 radical (unpaired) electrons. The molecule has 6 rings (SSSR count). The number of amidine groups is 2. The summed E-state index contributed by atoms with van der Waals surface area (Å²) in [6, 6.07) is 0. The van der Waals surface area contributed by atoms with Crippen LogP contribution in [0.1, 0.15) is 152 Å². The number of nitrogens with one attached hydrogen (secondary N) is 2. The second-order valence-corrected chi connectivity index (χ2v) is 13.1. The molecule has 0 amide bonds. The second-order valence-electron chi connectivity index (χ2n) is 13.1. The summed E-state index contributed by atoms with van der Waals surface area (Å²) in [4.78, 5) is 7.99. The monoisotopic (exact) mass is 647 g/mol. The van der Waals surface area contributed by atoms with E-state index in [4.69, 9.17) is 0 Å². The van der Waals surface area contributed by atoms with Crippen molar-refractivity contribution < 1.29 is 0 Å². The van der Waals surface area contributed by atoms with Gasteiger partial charge in [-0.05, 0) is 186 Å². The van der Waals surface area contributed by atoms with Crippen LogP contribution in [0.4, 0.5) is 0 Å². The van der Waals surface area contributed by atoms with Gasteiger partial charge in [0.25, 0.3) is 0 Å². The normalized spacial score (nSPS) is 17.6. The van der Waals surface area contributed by atoms with Crippen LogP contribution in [0.2, 0.25) is 0 Å². The lowest BCUT2D eigenvalue weighted by atomic mass is 9.81. The van der Waals surface area contributed by atoms with Gasteiger partial charge >= 0.3 is 0 Å². The highest BCUT2D eigenvalue weighted by Crippen LogP contribution is 2.32. The van der Waals surface area contributed by atoms with Crippen molar-refractivity contribution in [2.45, 2.75) is 167 Å². The Morgan fingerprint density at radius 1 is 0.340 bits per heavy atom. The first kappa shape index (κ1) is 42.4. The highest BCUT2D eigenvalue weighted by atomic mass is 15.0. The highest BCUT2D eigenvalue weighted by Gasteiger charge is 2.18. The number of rotatable bonds is 0. The van der Waals surface area contributed by atoms with Gasteiger partial charge < -0.3 is 10.6 Å². The minimum atomic E-state index is 1.12. The average molecular weight is 647 g/mol. The first-order valence-corrected chi connectivity index (χ1v) is 19.2. The van der Waals surface area contributed by atoms with Crippen molar-refractivity contribution in [2.75, 3.05) is 27.2 Å². The Bertz CT molecular complexity index is 1180. The maximum Gasteiger partial charge on any atom is 0.0960 e. The summed E-state index contributed by atoms with van der Waals surface area (Å²) in [6.45, 7) is 28.6. The fraction of sp³-hybridized carbons (Fsp3) is 0.674. The van der Waals surface area contributed by atoms with Gasteiger partial charge in [-0.3, -0.25) is 9.98 Å². The molecule has 2 aliphatic carbocycles. The molecule has 4 heteroatoms. The predicted octanol–water partition coefficient (Wildman–Crippen LogP) is 10.8. The van der Waals surface area contributed by atoms with E-state index >= 15 is 0 Å². The van der Waals surface area contributed by atoms with Gasteiger partial charge in [-0.2, -0.15) is 0 Å². The lowest BCUT2D eigenvalue weighted by Crippen LogP contribution is -2.13. The molecule has 47 heavy (non-hydrogen) atoms. The van der Waals surface area contributed by atoms with Gasteiger partial charge in [0, 0.05) is 40.0 Å². The highest BCUT2D eigenvalue weighted by molar-refractivity contribution is 5.84. The van der Waals surface area contributed by atoms with Crippen LogP contribution in [0.25, 0.3) is 0 Å². The maximum atomic E-state index is 3.99. The number of benzene rings is 2. The Hall–Kier alpha value is -2.62. The fourth-order valence-electron chi connectivity index (χ4n) is 7.21. The van der Waals surface area contributed by atoms with Gasteiger partial charge in [0.05, 0.1) is 11.7 Å². The Labute approximate surface area is 292 Å². The molecule has 4 nitrogen and oxygen atoms in total. The van der Waals surface area contributed by atoms with Crippen LogP contribution in [0.15, 0.2) is 9.98 Å². The number of hydrogen-bond donors (Lipinski definition) is 2. The first-order chi connectivity index (χ1) is 22.6. The molecule has 2 saturated heterocycles. The van der Waals surface area contributed by atoms with E-state index in [1.165, 1.54) is 105 Å². The number of fused-ring (bicyclic) bond motifs is 2. The van der Waals surface area contributed by atoms with E-state index in [2.05, 4.69) is 76.0 Å². The summed E-state index contributed by atoms with van der Waals surface area (Å²) in [5.41, 5.74) is 19.0. The lowest BCUT2D eigenvalue weighted by molar-refractivity contribution is 0.676. The van der Waals surface area contributed by atoms with Gasteiger partial charge in [-0.15, -0.1) is 0 Å². The molecule has 0 atom stereocenters. The lowest BCUT2D eigenvalue weighted by Gasteiger charge is -2.24. The molecular weight excluding hydrogens is 573 g/mol. The van der Waals surface area contributed by atoms with E-state index < -0.39 is 0 Å². The molecule has 2 aromatic carbocycles. The third-order valence-corrected chi connectivity index (χ3v) is 10.7. The Kier molecular flexibility index (Phi) is 20.6. The molecule has 0 bridgehead atoms. The van der Waals surface area contributed by atoms with Crippen LogP contribution in [0, 0.1) is 55.4 Å². The number of aliphatic imine (C=N–C) groups is 2. The first-order valence-electron chi connectivity index (χ1n) is 19.2. The van der Waals surface area contributed by atoms with Crippen molar-refractivity contribution in [1.82, 2.24) is 10.6 Å². The quantitative estimate of drug-likeness (QED) is 0.280. The second kappa shape index (κ2) is 22.9. The van der Waals surface area contributed by atoms with Crippen LogP contribution in [-0.4, -0.2) is 38.9 Å². The largest absolute Gasteiger partial charge is 0.374 e. The summed E-state index contributed by atoms with van der Waals surface area (Å²) < 4.78 is 0. The van der Waals surface area contributed by atoms with E-state index in [9.17, 15) is 0 Å². The molecule has 2 N–H and O–H groups in total. The SMILES string of the molecule is CC.CC.CN=C1CCCN1.CN=C1CCCN1.Cc1c(C)c(C)c2c(c1C)CCCC2.Cc1c(C)c(C)c2c(c1C)CCCCC2. The molecule has 2 aromatic rings. The average Bonchev–Trinajstić information content (AvgIpc) is 3.81. The van der Waals surface area contributed by atoms with Gasteiger partial charge in [0.2, 0.25) is 0 Å². The van der Waals surface area contributed by atoms with Gasteiger partial charge in [-0.25, -0.2) is 0 Å². The van der Waals surface area contributed by atoms with Crippen LogP contribution in [0.5, 0.6) is 0 Å². The minimum Gasteiger partial charge on any atom is -0.374 e. The third-order valence-electron chi connectivity index (χ3n) is 10.7. The van der Waals surface area contributed by atoms with Crippen LogP contribution < -0.4 is 10.6 Å². The smallest absolute Gasteiger partial charge is 0.0960 e. The fourth-order valence-corrected chi connectivity index (χ4v) is 7.21. The van der Waals surface area contributed by atoms with E-state index in [0.29, 0.717) is 0 Å². The molecule has 0 aromatic heterocycles. The van der Waals surface area contributed by atoms with Crippen molar-refractivity contribution in [3.05, 3.63) is 66.8 Å². The molecule has 2 fully saturated rings. The summed E-state index contributed by atoms with van der Waals surface area (Å²) >= 11 is 0. The molecule has 2 aliphatic heterocycles. The van der Waals surface area contributed by atoms with Gasteiger partial charge in [0.15, 0.2) is 0 Å². The molecule has 266 valence electrons. The molecule has 0 spiro atoms. The Morgan fingerprint density at radius 2 is 0.596 bits per heavy atom. The van der Waals surface area contributed by atoms with Crippen molar-refractivity contribution in [3.63, 3.8) is 0 Å². The van der Waals surface area contributed by atoms with Crippen LogP contribution >= 0.6 is 0 Å². The molecule has 0 unspecified atom stereocenters. The zero-order valence-corrected chi connectivity index (χ0v) is 33.5. The molecule has 2 heterocycles. The minimum absolute atomic E-state index is 1.12. The zero-order chi connectivity index (χ0) is 35.5. The molecule has 4 aliphatic rings. The molecular formula is C43H74N4. The van der Waals surface area contributed by atoms with Gasteiger partial charge in [0.1, 0.15) is 0 Å².